The van der Waals surface area contributed by atoms with Crippen LogP contribution in [0.1, 0.15) is 17.1 Å². The number of amides is 1. The van der Waals surface area contributed by atoms with Gasteiger partial charge in [-0.05, 0) is 12.1 Å². The molecule has 0 aliphatic carbocycles. The second-order valence-electron chi connectivity index (χ2n) is 4.09. The molecule has 6 nitrogen and oxygen atoms in total. The monoisotopic (exact) mass is 342 g/mol. The van der Waals surface area contributed by atoms with Crippen molar-refractivity contribution in [3.05, 3.63) is 34.5 Å². The van der Waals surface area contributed by atoms with Crippen LogP contribution in [0.5, 0.6) is 0 Å². The molecule has 3 rings (SSSR count). The second-order valence-corrected chi connectivity index (χ2v) is 5.96. The Hall–Kier alpha value is -2.20. The summed E-state index contributed by atoms with van der Waals surface area (Å²) in [6.07, 6.45) is -1.14. The van der Waals surface area contributed by atoms with Crippen molar-refractivity contribution < 1.29 is 18.0 Å². The average Bonchev–Trinajstić information content (AvgIpc) is 3.18. The number of carbonyl (C=O) groups is 1. The molecule has 114 valence electrons. The molecule has 0 aromatic carbocycles. The number of thiazole rings is 1. The number of carbonyl (C=O) groups excluding carboxylic acids is 1. The summed E-state index contributed by atoms with van der Waals surface area (Å²) in [5.41, 5.74) is 0.562. The molecule has 0 spiro atoms. The zero-order chi connectivity index (χ0) is 15.5. The first-order chi connectivity index (χ1) is 10.6. The number of nitrogens with zero attached hydrogens (tertiary/aromatic N) is 3. The third-order valence-corrected chi connectivity index (χ3v) is 4.25. The number of nitrogens with one attached hydrogen (secondary N) is 1. The number of furan rings is 1. The zero-order valence-corrected chi connectivity index (χ0v) is 12.5. The van der Waals surface area contributed by atoms with Crippen molar-refractivity contribution in [3.8, 4) is 10.8 Å². The molecule has 22 heavy (non-hydrogen) atoms. The maximum atomic E-state index is 12.4. The fourth-order valence-electron chi connectivity index (χ4n) is 1.60. The molecule has 3 aromatic heterocycles. The molecule has 0 aliphatic heterocycles. The highest BCUT2D eigenvalue weighted by Crippen LogP contribution is 2.26. The van der Waals surface area contributed by atoms with Crippen LogP contribution in [0, 0.1) is 0 Å². The van der Waals surface area contributed by atoms with E-state index in [9.17, 15) is 13.6 Å². The van der Waals surface area contributed by atoms with Crippen LogP contribution >= 0.6 is 22.7 Å². The fourth-order valence-corrected chi connectivity index (χ4v) is 3.00. The van der Waals surface area contributed by atoms with Crippen LogP contribution in [0.3, 0.4) is 0 Å². The molecule has 0 saturated heterocycles. The van der Waals surface area contributed by atoms with Gasteiger partial charge in [0.2, 0.25) is 11.0 Å². The van der Waals surface area contributed by atoms with E-state index in [-0.39, 0.29) is 11.6 Å². The van der Waals surface area contributed by atoms with Crippen LogP contribution in [0.2, 0.25) is 0 Å². The third kappa shape index (κ3) is 3.34. The quantitative estimate of drug-likeness (QED) is 0.769. The molecule has 0 bridgehead atoms. The van der Waals surface area contributed by atoms with E-state index in [0.717, 1.165) is 0 Å². The lowest BCUT2D eigenvalue weighted by molar-refractivity contribution is -0.115. The Labute approximate surface area is 130 Å². The summed E-state index contributed by atoms with van der Waals surface area (Å²) in [6, 6.07) is 3.52. The SMILES string of the molecule is O=C(Cc1csc(-c2ccco2)n1)Nc1nnc(C(F)F)s1. The Kier molecular flexibility index (Phi) is 4.20. The van der Waals surface area contributed by atoms with Gasteiger partial charge in [-0.15, -0.1) is 21.5 Å². The zero-order valence-electron chi connectivity index (χ0n) is 10.8. The number of hydrogen-bond donors (Lipinski definition) is 1. The van der Waals surface area contributed by atoms with Crippen molar-refractivity contribution in [2.24, 2.45) is 0 Å². The highest BCUT2D eigenvalue weighted by molar-refractivity contribution is 7.15. The minimum Gasteiger partial charge on any atom is -0.462 e. The number of halogens is 2. The largest absolute Gasteiger partial charge is 0.462 e. The molecule has 0 fully saturated rings. The van der Waals surface area contributed by atoms with E-state index in [1.54, 1.807) is 23.8 Å². The molecular weight excluding hydrogens is 334 g/mol. The van der Waals surface area contributed by atoms with E-state index in [2.05, 4.69) is 20.5 Å². The van der Waals surface area contributed by atoms with Crippen LogP contribution in [-0.4, -0.2) is 21.1 Å². The van der Waals surface area contributed by atoms with Gasteiger partial charge in [0.15, 0.2) is 15.8 Å². The summed E-state index contributed by atoms with van der Waals surface area (Å²) in [4.78, 5) is 16.1. The van der Waals surface area contributed by atoms with Crippen molar-refractivity contribution >= 4 is 33.7 Å². The second kappa shape index (κ2) is 6.28. The van der Waals surface area contributed by atoms with Gasteiger partial charge in [0, 0.05) is 5.38 Å². The van der Waals surface area contributed by atoms with Crippen LogP contribution in [0.25, 0.3) is 10.8 Å². The lowest BCUT2D eigenvalue weighted by Crippen LogP contribution is -2.14. The normalized spacial score (nSPS) is 11.0. The average molecular weight is 342 g/mol. The molecule has 10 heteroatoms. The van der Waals surface area contributed by atoms with Crippen molar-refractivity contribution in [1.82, 2.24) is 15.2 Å². The van der Waals surface area contributed by atoms with E-state index in [1.807, 2.05) is 0 Å². The standard InChI is InChI=1S/C12H8F2N4O2S2/c13-9(14)11-17-18-12(22-11)16-8(19)4-6-5-21-10(15-6)7-2-1-3-20-7/h1-3,5,9H,4H2,(H,16,18,19). The molecule has 0 atom stereocenters. The Morgan fingerprint density at radius 1 is 1.41 bits per heavy atom. The summed E-state index contributed by atoms with van der Waals surface area (Å²) in [6.45, 7) is 0. The Balaban J connectivity index is 1.62. The summed E-state index contributed by atoms with van der Waals surface area (Å²) >= 11 is 2.00. The van der Waals surface area contributed by atoms with Crippen LogP contribution in [0.4, 0.5) is 13.9 Å². The lowest BCUT2D eigenvalue weighted by Gasteiger charge is -1.98. The van der Waals surface area contributed by atoms with Gasteiger partial charge in [-0.25, -0.2) is 13.8 Å². The van der Waals surface area contributed by atoms with Gasteiger partial charge < -0.3 is 9.73 Å². The van der Waals surface area contributed by atoms with Gasteiger partial charge in [0.05, 0.1) is 18.4 Å². The minimum absolute atomic E-state index is 0.0147. The maximum Gasteiger partial charge on any atom is 0.291 e. The summed E-state index contributed by atoms with van der Waals surface area (Å²) in [7, 11) is 0. The van der Waals surface area contributed by atoms with E-state index in [1.165, 1.54) is 11.3 Å². The van der Waals surface area contributed by atoms with Crippen molar-refractivity contribution in [3.63, 3.8) is 0 Å². The van der Waals surface area contributed by atoms with Gasteiger partial charge in [0.1, 0.15) is 0 Å². The predicted molar refractivity (Wildman–Crippen MR) is 77.0 cm³/mol. The Morgan fingerprint density at radius 3 is 2.95 bits per heavy atom. The molecule has 0 aliphatic rings. The number of anilines is 1. The van der Waals surface area contributed by atoms with Crippen molar-refractivity contribution in [2.75, 3.05) is 5.32 Å². The van der Waals surface area contributed by atoms with Crippen molar-refractivity contribution in [1.29, 1.82) is 0 Å². The highest BCUT2D eigenvalue weighted by atomic mass is 32.1. The summed E-state index contributed by atoms with van der Waals surface area (Å²) in [5.74, 6) is 0.232. The van der Waals surface area contributed by atoms with Crippen molar-refractivity contribution in [2.45, 2.75) is 12.8 Å². The molecule has 3 heterocycles. The number of rotatable bonds is 5. The number of alkyl halides is 2. The fraction of sp³-hybridized carbons (Fsp3) is 0.167. The van der Waals surface area contributed by atoms with Gasteiger partial charge in [-0.3, -0.25) is 4.79 Å². The first kappa shape index (κ1) is 14.7. The van der Waals surface area contributed by atoms with Crippen LogP contribution < -0.4 is 5.32 Å². The molecule has 0 saturated carbocycles. The van der Waals surface area contributed by atoms with Gasteiger partial charge in [-0.2, -0.15) is 0 Å². The first-order valence-electron chi connectivity index (χ1n) is 6.01. The van der Waals surface area contributed by atoms with E-state index in [4.69, 9.17) is 4.42 Å². The topological polar surface area (TPSA) is 80.9 Å². The molecular formula is C12H8F2N4O2S2. The van der Waals surface area contributed by atoms with Gasteiger partial charge in [0.25, 0.3) is 6.43 Å². The maximum absolute atomic E-state index is 12.4. The Morgan fingerprint density at radius 2 is 2.27 bits per heavy atom. The number of hydrogen-bond acceptors (Lipinski definition) is 7. The third-order valence-electron chi connectivity index (χ3n) is 2.50. The molecule has 0 radical (unpaired) electrons. The van der Waals surface area contributed by atoms with Crippen LogP contribution in [0.15, 0.2) is 28.2 Å². The summed E-state index contributed by atoms with van der Waals surface area (Å²) < 4.78 is 30.0. The highest BCUT2D eigenvalue weighted by Gasteiger charge is 2.16. The molecule has 3 aromatic rings. The predicted octanol–water partition coefficient (Wildman–Crippen LogP) is 3.37. The number of aromatic nitrogens is 3. The molecule has 1 amide bonds. The van der Waals surface area contributed by atoms with Gasteiger partial charge in [-0.1, -0.05) is 11.3 Å². The lowest BCUT2D eigenvalue weighted by atomic mass is 10.3. The minimum atomic E-state index is -2.70. The smallest absolute Gasteiger partial charge is 0.291 e. The Bertz CT molecular complexity index is 770. The molecule has 0 unspecified atom stereocenters. The molecule has 1 N–H and O–H groups in total. The van der Waals surface area contributed by atoms with E-state index >= 15 is 0 Å². The van der Waals surface area contributed by atoms with E-state index in [0.29, 0.717) is 27.8 Å². The first-order valence-corrected chi connectivity index (χ1v) is 7.71. The van der Waals surface area contributed by atoms with Gasteiger partial charge >= 0.3 is 0 Å². The van der Waals surface area contributed by atoms with E-state index < -0.39 is 17.3 Å². The summed E-state index contributed by atoms with van der Waals surface area (Å²) in [5, 5.41) is 11.2. The van der Waals surface area contributed by atoms with Crippen LogP contribution in [-0.2, 0) is 11.2 Å².